The Kier molecular flexibility index (Phi) is 5.47. The molecule has 116 valence electrons. The molecule has 1 N–H and O–H groups in total. The van der Waals surface area contributed by atoms with E-state index in [1.165, 1.54) is 32.3 Å². The van der Waals surface area contributed by atoms with Gasteiger partial charge in [0.2, 0.25) is 20.0 Å². The van der Waals surface area contributed by atoms with Crippen LogP contribution >= 0.6 is 0 Å². The molecule has 0 aliphatic rings. The summed E-state index contributed by atoms with van der Waals surface area (Å²) in [6, 6.07) is 6.06. The van der Waals surface area contributed by atoms with Crippen molar-refractivity contribution in [2.24, 2.45) is 0 Å². The highest BCUT2D eigenvalue weighted by Gasteiger charge is 2.18. The van der Waals surface area contributed by atoms with E-state index in [0.717, 1.165) is 4.31 Å². The SMILES string of the molecule is Cc1cc(S(=O)(=O)NCCS(=O)(=O)N(C)C)ccc1C#N. The van der Waals surface area contributed by atoms with E-state index in [9.17, 15) is 16.8 Å². The first kappa shape index (κ1) is 17.6. The molecule has 9 heteroatoms. The zero-order valence-corrected chi connectivity index (χ0v) is 13.6. The van der Waals surface area contributed by atoms with Gasteiger partial charge in [-0.2, -0.15) is 5.26 Å². The van der Waals surface area contributed by atoms with Gasteiger partial charge in [-0.1, -0.05) is 0 Å². The van der Waals surface area contributed by atoms with Gasteiger partial charge in [-0.15, -0.1) is 0 Å². The van der Waals surface area contributed by atoms with Crippen LogP contribution in [0.15, 0.2) is 23.1 Å². The van der Waals surface area contributed by atoms with Gasteiger partial charge < -0.3 is 0 Å². The molecule has 0 saturated carbocycles. The number of nitrogens with zero attached hydrogens (tertiary/aromatic N) is 2. The average molecular weight is 331 g/mol. The van der Waals surface area contributed by atoms with E-state index in [1.807, 2.05) is 6.07 Å². The Bertz CT molecular complexity index is 762. The van der Waals surface area contributed by atoms with Gasteiger partial charge in [0.1, 0.15) is 0 Å². The highest BCUT2D eigenvalue weighted by atomic mass is 32.2. The summed E-state index contributed by atoms with van der Waals surface area (Å²) in [6.07, 6.45) is 0. The van der Waals surface area contributed by atoms with E-state index in [1.54, 1.807) is 6.92 Å². The summed E-state index contributed by atoms with van der Waals surface area (Å²) in [6.45, 7) is 1.41. The Labute approximate surface area is 125 Å². The second-order valence-corrected chi connectivity index (χ2v) is 8.65. The normalized spacial score (nSPS) is 12.3. The minimum absolute atomic E-state index is 0.00116. The quantitative estimate of drug-likeness (QED) is 0.791. The number of sulfonamides is 2. The number of aryl methyl sites for hydroxylation is 1. The van der Waals surface area contributed by atoms with Crippen LogP contribution in [0.2, 0.25) is 0 Å². The molecular weight excluding hydrogens is 314 g/mol. The summed E-state index contributed by atoms with van der Waals surface area (Å²) < 4.78 is 50.4. The van der Waals surface area contributed by atoms with Crippen LogP contribution in [0.3, 0.4) is 0 Å². The molecule has 0 aromatic heterocycles. The van der Waals surface area contributed by atoms with E-state index >= 15 is 0 Å². The van der Waals surface area contributed by atoms with Gasteiger partial charge >= 0.3 is 0 Å². The maximum atomic E-state index is 12.0. The van der Waals surface area contributed by atoms with Gasteiger partial charge in [-0.05, 0) is 30.7 Å². The Morgan fingerprint density at radius 3 is 2.33 bits per heavy atom. The Balaban J connectivity index is 2.84. The van der Waals surface area contributed by atoms with Gasteiger partial charge in [0.25, 0.3) is 0 Å². The fourth-order valence-corrected chi connectivity index (χ4v) is 3.47. The molecule has 1 aromatic carbocycles. The molecule has 0 radical (unpaired) electrons. The van der Waals surface area contributed by atoms with E-state index in [4.69, 9.17) is 5.26 Å². The highest BCUT2D eigenvalue weighted by molar-refractivity contribution is 7.90. The molecule has 7 nitrogen and oxygen atoms in total. The van der Waals surface area contributed by atoms with E-state index in [0.29, 0.717) is 11.1 Å². The Morgan fingerprint density at radius 2 is 1.86 bits per heavy atom. The number of benzene rings is 1. The number of nitriles is 1. The number of hydrogen-bond acceptors (Lipinski definition) is 5. The van der Waals surface area contributed by atoms with Gasteiger partial charge in [0.15, 0.2) is 0 Å². The Hall–Kier alpha value is -1.47. The highest BCUT2D eigenvalue weighted by Crippen LogP contribution is 2.14. The first-order valence-corrected chi connectivity index (χ1v) is 9.10. The van der Waals surface area contributed by atoms with Crippen molar-refractivity contribution in [3.05, 3.63) is 29.3 Å². The van der Waals surface area contributed by atoms with Crippen LogP contribution in [0.4, 0.5) is 0 Å². The van der Waals surface area contributed by atoms with Crippen LogP contribution in [-0.2, 0) is 20.0 Å². The molecule has 0 unspecified atom stereocenters. The van der Waals surface area contributed by atoms with E-state index < -0.39 is 20.0 Å². The number of rotatable bonds is 6. The fraction of sp³-hybridized carbons (Fsp3) is 0.417. The molecule has 0 aliphatic heterocycles. The predicted molar refractivity (Wildman–Crippen MR) is 78.6 cm³/mol. The lowest BCUT2D eigenvalue weighted by molar-refractivity contribution is 0.519. The maximum absolute atomic E-state index is 12.0. The molecule has 0 spiro atoms. The van der Waals surface area contributed by atoms with Crippen molar-refractivity contribution in [1.29, 1.82) is 5.26 Å². The van der Waals surface area contributed by atoms with Gasteiger partial charge in [-0.3, -0.25) is 0 Å². The third-order valence-electron chi connectivity index (χ3n) is 2.84. The van der Waals surface area contributed by atoms with Crippen LogP contribution in [0.5, 0.6) is 0 Å². The lowest BCUT2D eigenvalue weighted by atomic mass is 10.1. The minimum Gasteiger partial charge on any atom is -0.212 e. The topological polar surface area (TPSA) is 107 Å². The van der Waals surface area contributed by atoms with Crippen LogP contribution in [-0.4, -0.2) is 47.5 Å². The molecule has 0 bridgehead atoms. The lowest BCUT2D eigenvalue weighted by Crippen LogP contribution is -2.33. The van der Waals surface area contributed by atoms with Gasteiger partial charge in [-0.25, -0.2) is 25.9 Å². The molecule has 1 rings (SSSR count). The summed E-state index contributed by atoms with van der Waals surface area (Å²) in [5.41, 5.74) is 0.936. The number of hydrogen-bond donors (Lipinski definition) is 1. The van der Waals surface area contributed by atoms with Crippen LogP contribution in [0, 0.1) is 18.3 Å². The monoisotopic (exact) mass is 331 g/mol. The molecule has 0 saturated heterocycles. The standard InChI is InChI=1S/C12H17N3O4S2/c1-10-8-12(5-4-11(10)9-13)21(18,19)14-6-7-20(16,17)15(2)3/h4-5,8,14H,6-7H2,1-3H3. The zero-order chi connectivity index (χ0) is 16.3. The third kappa shape index (κ3) is 4.50. The summed E-state index contributed by atoms with van der Waals surface area (Å²) >= 11 is 0. The van der Waals surface area contributed by atoms with Crippen molar-refractivity contribution in [3.8, 4) is 6.07 Å². The van der Waals surface area contributed by atoms with Crippen LogP contribution in [0.25, 0.3) is 0 Å². The summed E-state index contributed by atoms with van der Waals surface area (Å²) in [5.74, 6) is -0.325. The zero-order valence-electron chi connectivity index (χ0n) is 12.0. The summed E-state index contributed by atoms with van der Waals surface area (Å²) in [5, 5.41) is 8.81. The second kappa shape index (κ2) is 6.53. The molecular formula is C12H17N3O4S2. The first-order chi connectivity index (χ1) is 9.60. The molecule has 0 atom stereocenters. The van der Waals surface area contributed by atoms with Crippen molar-refractivity contribution in [2.45, 2.75) is 11.8 Å². The molecule has 21 heavy (non-hydrogen) atoms. The molecule has 0 fully saturated rings. The van der Waals surface area contributed by atoms with Crippen molar-refractivity contribution in [3.63, 3.8) is 0 Å². The predicted octanol–water partition coefficient (Wildman–Crippen LogP) is 0.0364. The van der Waals surface area contributed by atoms with E-state index in [2.05, 4.69) is 4.72 Å². The van der Waals surface area contributed by atoms with Crippen molar-refractivity contribution >= 4 is 20.0 Å². The lowest BCUT2D eigenvalue weighted by Gasteiger charge is -2.12. The molecule has 1 aromatic rings. The number of nitrogens with one attached hydrogen (secondary N) is 1. The smallest absolute Gasteiger partial charge is 0.212 e. The Morgan fingerprint density at radius 1 is 1.24 bits per heavy atom. The fourth-order valence-electron chi connectivity index (χ4n) is 1.50. The van der Waals surface area contributed by atoms with E-state index in [-0.39, 0.29) is 17.2 Å². The largest absolute Gasteiger partial charge is 0.240 e. The van der Waals surface area contributed by atoms with Gasteiger partial charge in [0.05, 0.1) is 22.3 Å². The van der Waals surface area contributed by atoms with Crippen LogP contribution in [0.1, 0.15) is 11.1 Å². The van der Waals surface area contributed by atoms with Crippen LogP contribution < -0.4 is 4.72 Å². The third-order valence-corrected chi connectivity index (χ3v) is 6.13. The summed E-state index contributed by atoms with van der Waals surface area (Å²) in [4.78, 5) is 0.00116. The maximum Gasteiger partial charge on any atom is 0.240 e. The van der Waals surface area contributed by atoms with Crippen molar-refractivity contribution < 1.29 is 16.8 Å². The van der Waals surface area contributed by atoms with Crippen molar-refractivity contribution in [1.82, 2.24) is 9.03 Å². The molecule has 0 heterocycles. The van der Waals surface area contributed by atoms with Crippen molar-refractivity contribution in [2.75, 3.05) is 26.4 Å². The van der Waals surface area contributed by atoms with Gasteiger partial charge in [0, 0.05) is 20.6 Å². The summed E-state index contributed by atoms with van der Waals surface area (Å²) in [7, 11) is -4.49. The minimum atomic E-state index is -3.80. The first-order valence-electron chi connectivity index (χ1n) is 6.01. The second-order valence-electron chi connectivity index (χ2n) is 4.58. The average Bonchev–Trinajstić information content (AvgIpc) is 2.37. The molecule has 0 amide bonds. The molecule has 0 aliphatic carbocycles.